The van der Waals surface area contributed by atoms with E-state index in [2.05, 4.69) is 137 Å². The minimum absolute atomic E-state index is 0.629. The van der Waals surface area contributed by atoms with Crippen molar-refractivity contribution >= 4 is 50.8 Å². The van der Waals surface area contributed by atoms with E-state index in [-0.39, 0.29) is 0 Å². The Hall–Kier alpha value is -7.63. The minimum Gasteiger partial charge on any atom is -0.315 e. The number of benzene rings is 7. The standard InChI is InChI=1S/C53H37N5/c1-35-40-24-12-11-17-36(40)33-34-57(50-41(35)29-32-48-49(50)45-27-15-16-28-47(45)58(48)39-22-9-4-10-23-39)46-31-30-44(42-25-13-14-26-43(42)46)53-55-51(37-18-5-2-6-19-37)54-52(56-53)38-20-7-3-8-21-38/h2-14,16-26,28-34H,1,15,27H2/b34-33-. The van der Waals surface area contributed by atoms with Crippen LogP contribution in [-0.4, -0.2) is 19.5 Å². The second kappa shape index (κ2) is 13.8. The summed E-state index contributed by atoms with van der Waals surface area (Å²) >= 11 is 0. The highest BCUT2D eigenvalue weighted by Crippen LogP contribution is 2.49. The molecule has 11 rings (SSSR count). The van der Waals surface area contributed by atoms with Gasteiger partial charge in [0.05, 0.1) is 16.9 Å². The van der Waals surface area contributed by atoms with Crippen LogP contribution in [0.5, 0.6) is 0 Å². The van der Waals surface area contributed by atoms with Crippen molar-refractivity contribution < 1.29 is 0 Å². The largest absolute Gasteiger partial charge is 0.315 e. The number of allylic oxidation sites excluding steroid dienone is 1. The third kappa shape index (κ3) is 5.51. The molecule has 2 aliphatic rings. The summed E-state index contributed by atoms with van der Waals surface area (Å²) in [6.45, 7) is 4.79. The van der Waals surface area contributed by atoms with E-state index in [0.29, 0.717) is 17.5 Å². The quantitative estimate of drug-likeness (QED) is 0.176. The number of rotatable bonds is 5. The van der Waals surface area contributed by atoms with Crippen LogP contribution in [0, 0.1) is 0 Å². The highest BCUT2D eigenvalue weighted by Gasteiger charge is 2.29. The summed E-state index contributed by atoms with van der Waals surface area (Å²) in [5.41, 5.74) is 14.3. The Balaban J connectivity index is 1.18. The Morgan fingerprint density at radius 3 is 1.88 bits per heavy atom. The SMILES string of the molecule is C=C1c2ccccc2/C=C\N(c2ccc(-c3nc(-c4ccccc4)nc(-c4ccccc4)n3)c3ccccc23)c2c1ccc1c2c2c(n1-c1ccccc1)C=CCC2. The first-order chi connectivity index (χ1) is 28.7. The molecule has 0 atom stereocenters. The molecule has 5 nitrogen and oxygen atoms in total. The normalized spacial score (nSPS) is 13.8. The molecule has 5 heteroatoms. The third-order valence-electron chi connectivity index (χ3n) is 11.5. The Bertz CT molecular complexity index is 3060. The Kier molecular flexibility index (Phi) is 8.04. The van der Waals surface area contributed by atoms with Crippen molar-refractivity contribution in [2.75, 3.05) is 4.90 Å². The van der Waals surface area contributed by atoms with Gasteiger partial charge in [-0.2, -0.15) is 0 Å². The van der Waals surface area contributed by atoms with Gasteiger partial charge < -0.3 is 9.47 Å². The second-order valence-electron chi connectivity index (χ2n) is 14.8. The van der Waals surface area contributed by atoms with Gasteiger partial charge in [-0.25, -0.2) is 15.0 Å². The van der Waals surface area contributed by atoms with Crippen LogP contribution < -0.4 is 4.90 Å². The van der Waals surface area contributed by atoms with E-state index in [0.717, 1.165) is 79.6 Å². The number of anilines is 2. The van der Waals surface area contributed by atoms with Gasteiger partial charge in [-0.3, -0.25) is 0 Å². The fourth-order valence-electron chi connectivity index (χ4n) is 8.77. The molecule has 0 saturated carbocycles. The smallest absolute Gasteiger partial charge is 0.164 e. The van der Waals surface area contributed by atoms with E-state index in [4.69, 9.17) is 21.5 Å². The van der Waals surface area contributed by atoms with Crippen LogP contribution >= 0.6 is 0 Å². The number of aromatic nitrogens is 4. The summed E-state index contributed by atoms with van der Waals surface area (Å²) in [5, 5.41) is 3.39. The molecule has 58 heavy (non-hydrogen) atoms. The zero-order valence-electron chi connectivity index (χ0n) is 31.8. The van der Waals surface area contributed by atoms with Gasteiger partial charge in [0, 0.05) is 50.6 Å². The van der Waals surface area contributed by atoms with Crippen LogP contribution in [0.4, 0.5) is 11.4 Å². The fourth-order valence-corrected chi connectivity index (χ4v) is 8.77. The molecule has 0 N–H and O–H groups in total. The van der Waals surface area contributed by atoms with Gasteiger partial charge >= 0.3 is 0 Å². The second-order valence-corrected chi connectivity index (χ2v) is 14.8. The molecular weight excluding hydrogens is 707 g/mol. The molecule has 0 fully saturated rings. The average molecular weight is 744 g/mol. The molecule has 3 heterocycles. The van der Waals surface area contributed by atoms with E-state index in [1.54, 1.807) is 0 Å². The molecule has 1 aliphatic heterocycles. The van der Waals surface area contributed by atoms with Gasteiger partial charge in [0.1, 0.15) is 0 Å². The van der Waals surface area contributed by atoms with Gasteiger partial charge in [0.15, 0.2) is 17.5 Å². The molecular formula is C53H37N5. The maximum atomic E-state index is 5.14. The lowest BCUT2D eigenvalue weighted by molar-refractivity contribution is 0.967. The molecule has 274 valence electrons. The van der Waals surface area contributed by atoms with Gasteiger partial charge in [-0.15, -0.1) is 0 Å². The fraction of sp³-hybridized carbons (Fsp3) is 0.0377. The molecule has 0 unspecified atom stereocenters. The summed E-state index contributed by atoms with van der Waals surface area (Å²) in [5.74, 6) is 1.91. The lowest BCUT2D eigenvalue weighted by Gasteiger charge is -2.30. The number of fused-ring (bicyclic) bond motifs is 7. The number of para-hydroxylation sites is 1. The Labute approximate surface area is 337 Å². The molecule has 0 amide bonds. The van der Waals surface area contributed by atoms with Crippen molar-refractivity contribution in [3.05, 3.63) is 211 Å². The summed E-state index contributed by atoms with van der Waals surface area (Å²) in [7, 11) is 0. The molecule has 0 bridgehead atoms. The number of hydrogen-bond acceptors (Lipinski definition) is 4. The summed E-state index contributed by atoms with van der Waals surface area (Å²) in [6.07, 6.45) is 11.0. The number of aryl methyl sites for hydroxylation is 1. The summed E-state index contributed by atoms with van der Waals surface area (Å²) in [6, 6.07) is 57.2. The van der Waals surface area contributed by atoms with Crippen molar-refractivity contribution in [2.45, 2.75) is 12.8 Å². The van der Waals surface area contributed by atoms with E-state index >= 15 is 0 Å². The van der Waals surface area contributed by atoms with Crippen molar-refractivity contribution in [2.24, 2.45) is 0 Å². The maximum absolute atomic E-state index is 5.14. The van der Waals surface area contributed by atoms with Crippen LogP contribution in [0.25, 0.3) is 79.3 Å². The molecule has 2 aromatic heterocycles. The summed E-state index contributed by atoms with van der Waals surface area (Å²) in [4.78, 5) is 17.7. The lowest BCUT2D eigenvalue weighted by Crippen LogP contribution is -2.14. The Morgan fingerprint density at radius 2 is 1.14 bits per heavy atom. The van der Waals surface area contributed by atoms with Crippen LogP contribution in [0.1, 0.15) is 34.4 Å². The predicted molar refractivity (Wildman–Crippen MR) is 240 cm³/mol. The van der Waals surface area contributed by atoms with Crippen molar-refractivity contribution in [3.8, 4) is 39.9 Å². The third-order valence-corrected chi connectivity index (χ3v) is 11.5. The Morgan fingerprint density at radius 1 is 0.517 bits per heavy atom. The summed E-state index contributed by atoms with van der Waals surface area (Å²) < 4.78 is 2.43. The van der Waals surface area contributed by atoms with Crippen LogP contribution in [0.3, 0.4) is 0 Å². The van der Waals surface area contributed by atoms with Crippen LogP contribution in [-0.2, 0) is 6.42 Å². The first kappa shape index (κ1) is 33.7. The molecule has 7 aromatic carbocycles. The average Bonchev–Trinajstić information content (AvgIpc) is 3.63. The first-order valence-electron chi connectivity index (χ1n) is 19.8. The zero-order valence-corrected chi connectivity index (χ0v) is 31.8. The van der Waals surface area contributed by atoms with Crippen LogP contribution in [0.2, 0.25) is 0 Å². The maximum Gasteiger partial charge on any atom is 0.164 e. The van der Waals surface area contributed by atoms with E-state index in [1.165, 1.54) is 22.2 Å². The van der Waals surface area contributed by atoms with Crippen molar-refractivity contribution in [1.82, 2.24) is 19.5 Å². The monoisotopic (exact) mass is 743 g/mol. The van der Waals surface area contributed by atoms with E-state index in [1.807, 2.05) is 60.7 Å². The van der Waals surface area contributed by atoms with Gasteiger partial charge in [-0.1, -0.05) is 146 Å². The van der Waals surface area contributed by atoms with Crippen LogP contribution in [0.15, 0.2) is 183 Å². The topological polar surface area (TPSA) is 46.8 Å². The van der Waals surface area contributed by atoms with E-state index in [9.17, 15) is 0 Å². The predicted octanol–water partition coefficient (Wildman–Crippen LogP) is 13.1. The molecule has 9 aromatic rings. The highest BCUT2D eigenvalue weighted by atomic mass is 15.1. The lowest BCUT2D eigenvalue weighted by atomic mass is 9.89. The van der Waals surface area contributed by atoms with Gasteiger partial charge in [-0.05, 0) is 83.0 Å². The zero-order chi connectivity index (χ0) is 38.6. The number of hydrogen-bond donors (Lipinski definition) is 0. The minimum atomic E-state index is 0.629. The molecule has 1 aliphatic carbocycles. The molecule has 0 spiro atoms. The first-order valence-corrected chi connectivity index (χ1v) is 19.8. The molecule has 0 saturated heterocycles. The van der Waals surface area contributed by atoms with E-state index < -0.39 is 0 Å². The highest BCUT2D eigenvalue weighted by molar-refractivity contribution is 6.12. The molecule has 0 radical (unpaired) electrons. The van der Waals surface area contributed by atoms with Crippen molar-refractivity contribution in [1.29, 1.82) is 0 Å². The van der Waals surface area contributed by atoms with Gasteiger partial charge in [0.25, 0.3) is 0 Å². The number of nitrogens with zero attached hydrogens (tertiary/aromatic N) is 5. The van der Waals surface area contributed by atoms with Crippen molar-refractivity contribution in [3.63, 3.8) is 0 Å². The van der Waals surface area contributed by atoms with Gasteiger partial charge in [0.2, 0.25) is 0 Å².